The summed E-state index contributed by atoms with van der Waals surface area (Å²) >= 11 is 5.67. The lowest BCUT2D eigenvalue weighted by atomic mass is 10.0. The maximum absolute atomic E-state index is 13.4. The van der Waals surface area contributed by atoms with Gasteiger partial charge in [-0.05, 0) is 34.5 Å². The van der Waals surface area contributed by atoms with Gasteiger partial charge >= 0.3 is 0 Å². The zero-order valence-corrected chi connectivity index (χ0v) is 11.5. The average molecular weight is 286 g/mol. The van der Waals surface area contributed by atoms with Crippen molar-refractivity contribution in [3.8, 4) is 0 Å². The first-order valence-electron chi connectivity index (χ1n) is 6.39. The number of hydrogen-bond donors (Lipinski definition) is 1. The molecule has 0 spiro atoms. The van der Waals surface area contributed by atoms with Gasteiger partial charge in [0.05, 0.1) is 5.02 Å². The van der Waals surface area contributed by atoms with Crippen LogP contribution >= 0.6 is 11.6 Å². The van der Waals surface area contributed by atoms with Gasteiger partial charge < -0.3 is 5.32 Å². The largest absolute Gasteiger partial charge is 0.381 e. The quantitative estimate of drug-likeness (QED) is 0.693. The summed E-state index contributed by atoms with van der Waals surface area (Å²) in [6.07, 6.45) is 0. The number of anilines is 1. The lowest BCUT2D eigenvalue weighted by molar-refractivity contribution is 0.628. The first-order valence-corrected chi connectivity index (χ1v) is 6.77. The zero-order chi connectivity index (χ0) is 13.9. The molecule has 3 heteroatoms. The molecule has 0 aliphatic heterocycles. The molecule has 1 nitrogen and oxygen atoms in total. The average Bonchev–Trinajstić information content (AvgIpc) is 2.48. The summed E-state index contributed by atoms with van der Waals surface area (Å²) in [6, 6.07) is 19.1. The molecule has 0 unspecified atom stereocenters. The molecule has 0 amide bonds. The topological polar surface area (TPSA) is 12.0 Å². The van der Waals surface area contributed by atoms with E-state index in [-0.39, 0.29) is 5.02 Å². The Balaban J connectivity index is 1.85. The Labute approximate surface area is 122 Å². The predicted octanol–water partition coefficient (Wildman–Crippen LogP) is 5.24. The van der Waals surface area contributed by atoms with E-state index in [2.05, 4.69) is 29.6 Å². The molecule has 0 saturated heterocycles. The highest BCUT2D eigenvalue weighted by atomic mass is 35.5. The monoisotopic (exact) mass is 285 g/mol. The van der Waals surface area contributed by atoms with Crippen molar-refractivity contribution >= 4 is 28.1 Å². The first kappa shape index (κ1) is 12.9. The van der Waals surface area contributed by atoms with Gasteiger partial charge in [-0.25, -0.2) is 4.39 Å². The molecule has 1 N–H and O–H groups in total. The minimum atomic E-state index is -0.408. The van der Waals surface area contributed by atoms with Crippen LogP contribution in [0, 0.1) is 5.82 Å². The molecule has 20 heavy (non-hydrogen) atoms. The standard InChI is InChI=1S/C17H13ClFN/c18-16-9-8-14(10-17(16)19)20-11-13-6-3-5-12-4-1-2-7-15(12)13/h1-10,20H,11H2. The summed E-state index contributed by atoms with van der Waals surface area (Å²) < 4.78 is 13.4. The Bertz CT molecular complexity index is 750. The third kappa shape index (κ3) is 2.61. The van der Waals surface area contributed by atoms with Gasteiger partial charge in [-0.15, -0.1) is 0 Å². The van der Waals surface area contributed by atoms with Crippen LogP contribution in [0.1, 0.15) is 5.56 Å². The summed E-state index contributed by atoms with van der Waals surface area (Å²) in [6.45, 7) is 0.641. The zero-order valence-electron chi connectivity index (χ0n) is 10.7. The number of benzene rings is 3. The smallest absolute Gasteiger partial charge is 0.143 e. The maximum Gasteiger partial charge on any atom is 0.143 e. The highest BCUT2D eigenvalue weighted by Crippen LogP contribution is 2.22. The molecule has 0 fully saturated rings. The Morgan fingerprint density at radius 3 is 2.60 bits per heavy atom. The third-order valence-corrected chi connectivity index (χ3v) is 3.59. The van der Waals surface area contributed by atoms with Crippen LogP contribution in [0.3, 0.4) is 0 Å². The molecule has 0 aromatic heterocycles. The van der Waals surface area contributed by atoms with Gasteiger partial charge in [-0.3, -0.25) is 0 Å². The van der Waals surface area contributed by atoms with Crippen LogP contribution in [-0.4, -0.2) is 0 Å². The molecular weight excluding hydrogens is 273 g/mol. The Morgan fingerprint density at radius 2 is 1.75 bits per heavy atom. The second kappa shape index (κ2) is 5.51. The summed E-state index contributed by atoms with van der Waals surface area (Å²) in [4.78, 5) is 0. The van der Waals surface area contributed by atoms with Crippen LogP contribution in [0.4, 0.5) is 10.1 Å². The van der Waals surface area contributed by atoms with Crippen LogP contribution in [-0.2, 0) is 6.54 Å². The molecule has 3 rings (SSSR count). The Kier molecular flexibility index (Phi) is 3.57. The van der Waals surface area contributed by atoms with Crippen LogP contribution in [0.25, 0.3) is 10.8 Å². The molecule has 0 aliphatic carbocycles. The molecular formula is C17H13ClFN. The molecule has 3 aromatic carbocycles. The van der Waals surface area contributed by atoms with Gasteiger partial charge in [0.25, 0.3) is 0 Å². The molecule has 0 bridgehead atoms. The number of halogens is 2. The normalized spacial score (nSPS) is 10.7. The second-order valence-corrected chi connectivity index (χ2v) is 5.03. The fourth-order valence-corrected chi connectivity index (χ4v) is 2.37. The predicted molar refractivity (Wildman–Crippen MR) is 82.7 cm³/mol. The number of hydrogen-bond acceptors (Lipinski definition) is 1. The van der Waals surface area contributed by atoms with Crippen molar-refractivity contribution in [2.75, 3.05) is 5.32 Å². The molecule has 0 heterocycles. The van der Waals surface area contributed by atoms with Crippen LogP contribution < -0.4 is 5.32 Å². The van der Waals surface area contributed by atoms with E-state index in [0.717, 1.165) is 5.69 Å². The van der Waals surface area contributed by atoms with Gasteiger partial charge in [0.1, 0.15) is 5.82 Å². The summed E-state index contributed by atoms with van der Waals surface area (Å²) in [5.41, 5.74) is 1.90. The van der Waals surface area contributed by atoms with Crippen molar-refractivity contribution < 1.29 is 4.39 Å². The third-order valence-electron chi connectivity index (χ3n) is 3.28. The van der Waals surface area contributed by atoms with Crippen LogP contribution in [0.15, 0.2) is 60.7 Å². The van der Waals surface area contributed by atoms with Crippen molar-refractivity contribution in [2.24, 2.45) is 0 Å². The molecule has 0 radical (unpaired) electrons. The van der Waals surface area contributed by atoms with E-state index in [1.165, 1.54) is 22.4 Å². The minimum Gasteiger partial charge on any atom is -0.381 e. The molecule has 0 atom stereocenters. The van der Waals surface area contributed by atoms with Crippen LogP contribution in [0.5, 0.6) is 0 Å². The lowest BCUT2D eigenvalue weighted by Gasteiger charge is -2.10. The number of rotatable bonds is 3. The second-order valence-electron chi connectivity index (χ2n) is 4.62. The van der Waals surface area contributed by atoms with Gasteiger partial charge in [0.2, 0.25) is 0 Å². The van der Waals surface area contributed by atoms with E-state index in [9.17, 15) is 4.39 Å². The number of fused-ring (bicyclic) bond motifs is 1. The molecule has 0 aliphatic rings. The minimum absolute atomic E-state index is 0.140. The molecule has 100 valence electrons. The van der Waals surface area contributed by atoms with Gasteiger partial charge in [-0.1, -0.05) is 54.1 Å². The fourth-order valence-electron chi connectivity index (χ4n) is 2.25. The van der Waals surface area contributed by atoms with E-state index < -0.39 is 5.82 Å². The fraction of sp³-hybridized carbons (Fsp3) is 0.0588. The van der Waals surface area contributed by atoms with Gasteiger partial charge in [-0.2, -0.15) is 0 Å². The summed E-state index contributed by atoms with van der Waals surface area (Å²) in [5, 5.41) is 5.77. The highest BCUT2D eigenvalue weighted by molar-refractivity contribution is 6.30. The van der Waals surface area contributed by atoms with E-state index in [4.69, 9.17) is 11.6 Å². The van der Waals surface area contributed by atoms with E-state index in [1.807, 2.05) is 18.2 Å². The van der Waals surface area contributed by atoms with Crippen LogP contribution in [0.2, 0.25) is 5.02 Å². The van der Waals surface area contributed by atoms with Crippen molar-refractivity contribution in [3.05, 3.63) is 77.1 Å². The first-order chi connectivity index (χ1) is 9.74. The van der Waals surface area contributed by atoms with Gasteiger partial charge in [0, 0.05) is 12.2 Å². The summed E-state index contributed by atoms with van der Waals surface area (Å²) in [5.74, 6) is -0.408. The van der Waals surface area contributed by atoms with Crippen molar-refractivity contribution in [3.63, 3.8) is 0 Å². The Morgan fingerprint density at radius 1 is 0.950 bits per heavy atom. The lowest BCUT2D eigenvalue weighted by Crippen LogP contribution is -2.00. The van der Waals surface area contributed by atoms with Gasteiger partial charge in [0.15, 0.2) is 0 Å². The molecule has 3 aromatic rings. The van der Waals surface area contributed by atoms with E-state index in [0.29, 0.717) is 6.54 Å². The highest BCUT2D eigenvalue weighted by Gasteiger charge is 2.03. The van der Waals surface area contributed by atoms with Crippen molar-refractivity contribution in [1.82, 2.24) is 0 Å². The van der Waals surface area contributed by atoms with Crippen molar-refractivity contribution in [2.45, 2.75) is 6.54 Å². The SMILES string of the molecule is Fc1cc(NCc2cccc3ccccc23)ccc1Cl. The molecule has 0 saturated carbocycles. The number of nitrogens with one attached hydrogen (secondary N) is 1. The van der Waals surface area contributed by atoms with E-state index >= 15 is 0 Å². The summed E-state index contributed by atoms with van der Waals surface area (Å²) in [7, 11) is 0. The van der Waals surface area contributed by atoms with Crippen molar-refractivity contribution in [1.29, 1.82) is 0 Å². The maximum atomic E-state index is 13.4. The Hall–Kier alpha value is -2.06. The van der Waals surface area contributed by atoms with E-state index in [1.54, 1.807) is 12.1 Å².